The summed E-state index contributed by atoms with van der Waals surface area (Å²) in [5, 5.41) is 0. The second-order valence-corrected chi connectivity index (χ2v) is 8.04. The minimum atomic E-state index is -0.253. The van der Waals surface area contributed by atoms with Crippen molar-refractivity contribution >= 4 is 5.78 Å². The van der Waals surface area contributed by atoms with Crippen LogP contribution in [0.4, 0.5) is 0 Å². The number of fused-ring (bicyclic) bond motifs is 1. The topological polar surface area (TPSA) is 42.0 Å². The summed E-state index contributed by atoms with van der Waals surface area (Å²) in [6.07, 6.45) is 0. The second kappa shape index (κ2) is 8.92. The van der Waals surface area contributed by atoms with Crippen molar-refractivity contribution in [3.8, 4) is 11.5 Å². The van der Waals surface area contributed by atoms with Crippen LogP contribution >= 0.6 is 0 Å². The standard InChI is InChI=1S/C26H26N2O3/c29-26(22-9-5-2-6-10-22)25(21-7-3-1-4-8-21)28-15-13-27(14-16-28)18-20-11-12-23-24(17-20)31-19-30-23/h1-12,17,25H,13-16,18-19H2/t25-/m0/s1. The molecule has 5 rings (SSSR count). The molecule has 2 aliphatic rings. The van der Waals surface area contributed by atoms with E-state index < -0.39 is 0 Å². The molecule has 0 saturated carbocycles. The highest BCUT2D eigenvalue weighted by atomic mass is 16.7. The van der Waals surface area contributed by atoms with E-state index in [1.165, 1.54) is 5.56 Å². The van der Waals surface area contributed by atoms with Gasteiger partial charge in [0.1, 0.15) is 0 Å². The van der Waals surface area contributed by atoms with Crippen LogP contribution in [0.1, 0.15) is 27.5 Å². The first-order valence-corrected chi connectivity index (χ1v) is 10.8. The maximum absolute atomic E-state index is 13.4. The number of benzene rings is 3. The van der Waals surface area contributed by atoms with E-state index in [-0.39, 0.29) is 11.8 Å². The number of ketones is 1. The fraction of sp³-hybridized carbons (Fsp3) is 0.269. The van der Waals surface area contributed by atoms with E-state index in [4.69, 9.17) is 9.47 Å². The van der Waals surface area contributed by atoms with Crippen LogP contribution in [-0.4, -0.2) is 48.6 Å². The first-order valence-electron chi connectivity index (χ1n) is 10.8. The molecule has 0 radical (unpaired) electrons. The van der Waals surface area contributed by atoms with Gasteiger partial charge in [-0.3, -0.25) is 14.6 Å². The van der Waals surface area contributed by atoms with Gasteiger partial charge in [-0.15, -0.1) is 0 Å². The van der Waals surface area contributed by atoms with E-state index in [9.17, 15) is 4.79 Å². The number of nitrogens with zero attached hydrogens (tertiary/aromatic N) is 2. The van der Waals surface area contributed by atoms with E-state index in [0.717, 1.165) is 55.3 Å². The number of carbonyl (C=O) groups is 1. The molecule has 0 bridgehead atoms. The maximum Gasteiger partial charge on any atom is 0.231 e. The fourth-order valence-electron chi connectivity index (χ4n) is 4.40. The Morgan fingerprint density at radius 2 is 1.48 bits per heavy atom. The molecule has 0 spiro atoms. The van der Waals surface area contributed by atoms with Crippen molar-refractivity contribution in [2.24, 2.45) is 0 Å². The van der Waals surface area contributed by atoms with Gasteiger partial charge in [-0.2, -0.15) is 0 Å². The predicted octanol–water partition coefficient (Wildman–Crippen LogP) is 4.16. The van der Waals surface area contributed by atoms with Gasteiger partial charge in [-0.05, 0) is 23.3 Å². The van der Waals surface area contributed by atoms with Gasteiger partial charge in [0.15, 0.2) is 17.3 Å². The number of ether oxygens (including phenoxy) is 2. The Morgan fingerprint density at radius 3 is 2.23 bits per heavy atom. The summed E-state index contributed by atoms with van der Waals surface area (Å²) in [6.45, 7) is 4.70. The highest BCUT2D eigenvalue weighted by Crippen LogP contribution is 2.33. The molecule has 0 aromatic heterocycles. The molecule has 0 N–H and O–H groups in total. The van der Waals surface area contributed by atoms with E-state index in [1.54, 1.807) is 0 Å². The van der Waals surface area contributed by atoms with Gasteiger partial charge in [0.05, 0.1) is 6.04 Å². The lowest BCUT2D eigenvalue weighted by atomic mass is 9.95. The minimum Gasteiger partial charge on any atom is -0.454 e. The van der Waals surface area contributed by atoms with Crippen molar-refractivity contribution in [2.75, 3.05) is 33.0 Å². The molecule has 0 unspecified atom stereocenters. The smallest absolute Gasteiger partial charge is 0.231 e. The van der Waals surface area contributed by atoms with Crippen molar-refractivity contribution in [1.82, 2.24) is 9.80 Å². The van der Waals surface area contributed by atoms with E-state index >= 15 is 0 Å². The van der Waals surface area contributed by atoms with Crippen LogP contribution in [0.2, 0.25) is 0 Å². The zero-order chi connectivity index (χ0) is 21.0. The zero-order valence-electron chi connectivity index (χ0n) is 17.4. The Hall–Kier alpha value is -3.15. The third kappa shape index (κ3) is 4.33. The number of hydrogen-bond donors (Lipinski definition) is 0. The van der Waals surface area contributed by atoms with Crippen molar-refractivity contribution in [1.29, 1.82) is 0 Å². The Bertz CT molecular complexity index is 1030. The summed E-state index contributed by atoms with van der Waals surface area (Å²) in [4.78, 5) is 18.2. The lowest BCUT2D eigenvalue weighted by molar-refractivity contribution is 0.0650. The van der Waals surface area contributed by atoms with Crippen LogP contribution < -0.4 is 9.47 Å². The number of carbonyl (C=O) groups excluding carboxylic acids is 1. The van der Waals surface area contributed by atoms with Gasteiger partial charge in [0.25, 0.3) is 0 Å². The van der Waals surface area contributed by atoms with Crippen molar-refractivity contribution in [3.63, 3.8) is 0 Å². The number of rotatable bonds is 6. The molecule has 1 fully saturated rings. The molecule has 5 heteroatoms. The van der Waals surface area contributed by atoms with Crippen molar-refractivity contribution in [2.45, 2.75) is 12.6 Å². The Balaban J connectivity index is 1.29. The molecule has 0 amide bonds. The van der Waals surface area contributed by atoms with Gasteiger partial charge in [-0.25, -0.2) is 0 Å². The summed E-state index contributed by atoms with van der Waals surface area (Å²) in [5.74, 6) is 1.81. The number of Topliss-reactive ketones (excluding diaryl/α,β-unsaturated/α-hetero) is 1. The summed E-state index contributed by atoms with van der Waals surface area (Å²) in [5.41, 5.74) is 3.04. The van der Waals surface area contributed by atoms with Crippen LogP contribution in [0, 0.1) is 0 Å². The highest BCUT2D eigenvalue weighted by Gasteiger charge is 2.31. The SMILES string of the molecule is O=C(c1ccccc1)[C@H](c1ccccc1)N1CCN(Cc2ccc3c(c2)OCO3)CC1. The predicted molar refractivity (Wildman–Crippen MR) is 119 cm³/mol. The quantitative estimate of drug-likeness (QED) is 0.567. The molecule has 2 aliphatic heterocycles. The summed E-state index contributed by atoms with van der Waals surface area (Å²) in [7, 11) is 0. The molecular weight excluding hydrogens is 388 g/mol. The molecule has 1 saturated heterocycles. The maximum atomic E-state index is 13.4. The molecular formula is C26H26N2O3. The zero-order valence-corrected chi connectivity index (χ0v) is 17.4. The largest absolute Gasteiger partial charge is 0.454 e. The van der Waals surface area contributed by atoms with Crippen LogP contribution in [0.15, 0.2) is 78.9 Å². The molecule has 1 atom stereocenters. The molecule has 31 heavy (non-hydrogen) atoms. The molecule has 158 valence electrons. The number of piperazine rings is 1. The number of hydrogen-bond acceptors (Lipinski definition) is 5. The molecule has 2 heterocycles. The molecule has 5 nitrogen and oxygen atoms in total. The van der Waals surface area contributed by atoms with E-state index in [0.29, 0.717) is 6.79 Å². The lowest BCUT2D eigenvalue weighted by Crippen LogP contribution is -2.48. The molecule has 3 aromatic carbocycles. The van der Waals surface area contributed by atoms with Gasteiger partial charge in [-0.1, -0.05) is 66.7 Å². The highest BCUT2D eigenvalue weighted by molar-refractivity contribution is 6.00. The first kappa shape index (κ1) is 19.8. The Labute approximate surface area is 182 Å². The Kier molecular flexibility index (Phi) is 5.69. The van der Waals surface area contributed by atoms with Gasteiger partial charge in [0.2, 0.25) is 6.79 Å². The van der Waals surface area contributed by atoms with Crippen LogP contribution in [0.3, 0.4) is 0 Å². The fourth-order valence-corrected chi connectivity index (χ4v) is 4.40. The van der Waals surface area contributed by atoms with Gasteiger partial charge in [0, 0.05) is 38.3 Å². The van der Waals surface area contributed by atoms with E-state index in [2.05, 4.69) is 34.1 Å². The summed E-state index contributed by atoms with van der Waals surface area (Å²) in [6, 6.07) is 25.7. The minimum absolute atomic E-state index is 0.163. The normalized spacial score (nSPS) is 17.4. The summed E-state index contributed by atoms with van der Waals surface area (Å²) >= 11 is 0. The van der Waals surface area contributed by atoms with Gasteiger partial charge >= 0.3 is 0 Å². The Morgan fingerprint density at radius 1 is 0.806 bits per heavy atom. The average Bonchev–Trinajstić information content (AvgIpc) is 3.30. The van der Waals surface area contributed by atoms with Crippen molar-refractivity contribution < 1.29 is 14.3 Å². The summed E-state index contributed by atoms with van der Waals surface area (Å²) < 4.78 is 10.9. The average molecular weight is 415 g/mol. The van der Waals surface area contributed by atoms with Crippen LogP contribution in [0.5, 0.6) is 11.5 Å². The van der Waals surface area contributed by atoms with Crippen molar-refractivity contribution in [3.05, 3.63) is 95.6 Å². The lowest BCUT2D eigenvalue weighted by Gasteiger charge is -2.39. The third-order valence-corrected chi connectivity index (χ3v) is 6.04. The van der Waals surface area contributed by atoms with Gasteiger partial charge < -0.3 is 9.47 Å². The monoisotopic (exact) mass is 414 g/mol. The molecule has 0 aliphatic carbocycles. The van der Waals surface area contributed by atoms with Crippen LogP contribution in [-0.2, 0) is 6.54 Å². The van der Waals surface area contributed by atoms with E-state index in [1.807, 2.05) is 54.6 Å². The second-order valence-electron chi connectivity index (χ2n) is 8.04. The third-order valence-electron chi connectivity index (χ3n) is 6.04. The van der Waals surface area contributed by atoms with Crippen LogP contribution in [0.25, 0.3) is 0 Å². The molecule has 3 aromatic rings. The first-order chi connectivity index (χ1) is 15.3.